The second kappa shape index (κ2) is 5.07. The van der Waals surface area contributed by atoms with Gasteiger partial charge in [0.2, 0.25) is 0 Å². The molecule has 64 valence electrons. The average Bonchev–Trinajstić information content (AvgIpc) is 2.09. The summed E-state index contributed by atoms with van der Waals surface area (Å²) in [5.74, 6) is 0.675. The Labute approximate surface area is 81.6 Å². The van der Waals surface area contributed by atoms with Crippen molar-refractivity contribution in [2.24, 2.45) is 0 Å². The average molecular weight is 203 g/mol. The minimum Gasteiger partial charge on any atom is -0.488 e. The van der Waals surface area contributed by atoms with Crippen molar-refractivity contribution in [3.63, 3.8) is 0 Å². The van der Waals surface area contributed by atoms with Crippen LogP contribution >= 0.6 is 23.2 Å². The molecule has 1 aromatic rings. The Hall–Kier alpha value is -0.660. The number of benzene rings is 1. The molecule has 1 aromatic carbocycles. The highest BCUT2D eigenvalue weighted by atomic mass is 35.5. The first kappa shape index (κ1) is 9.43. The molecule has 0 saturated heterocycles. The number of ether oxygens (including phenoxy) is 1. The van der Waals surface area contributed by atoms with Crippen molar-refractivity contribution in [3.05, 3.63) is 40.9 Å². The molecule has 0 fully saturated rings. The van der Waals surface area contributed by atoms with Crippen LogP contribution in [0.4, 0.5) is 0 Å². The third-order valence-corrected chi connectivity index (χ3v) is 1.75. The molecule has 0 aromatic heterocycles. The Kier molecular flexibility index (Phi) is 3.98. The molecule has 0 amide bonds. The Bertz CT molecular complexity index is 271. The van der Waals surface area contributed by atoms with Crippen molar-refractivity contribution in [1.82, 2.24) is 0 Å². The number of hydrogen-bond donors (Lipinski definition) is 0. The quantitative estimate of drug-likeness (QED) is 0.730. The zero-order valence-corrected chi connectivity index (χ0v) is 7.85. The summed E-state index contributed by atoms with van der Waals surface area (Å²) in [6.07, 6.45) is 1.70. The molecule has 0 aliphatic carbocycles. The number of para-hydroxylation sites is 1. The van der Waals surface area contributed by atoms with Gasteiger partial charge in [-0.05, 0) is 18.2 Å². The molecule has 0 bridgehead atoms. The van der Waals surface area contributed by atoms with E-state index >= 15 is 0 Å². The van der Waals surface area contributed by atoms with Gasteiger partial charge in [-0.2, -0.15) is 0 Å². The molecule has 0 N–H and O–H groups in total. The highest BCUT2D eigenvalue weighted by Crippen LogP contribution is 2.22. The van der Waals surface area contributed by atoms with Crippen LogP contribution in [0, 0.1) is 0 Å². The summed E-state index contributed by atoms with van der Waals surface area (Å²) in [7, 11) is 0. The Morgan fingerprint density at radius 1 is 1.33 bits per heavy atom. The summed E-state index contributed by atoms with van der Waals surface area (Å²) in [6.45, 7) is 0.438. The summed E-state index contributed by atoms with van der Waals surface area (Å²) in [5.41, 5.74) is 1.41. The van der Waals surface area contributed by atoms with E-state index in [9.17, 15) is 0 Å². The normalized spacial score (nSPS) is 10.5. The fourth-order valence-corrected chi connectivity index (χ4v) is 0.999. The van der Waals surface area contributed by atoms with Gasteiger partial charge in [-0.3, -0.25) is 0 Å². The predicted molar refractivity (Wildman–Crippen MR) is 51.9 cm³/mol. The smallest absolute Gasteiger partial charge is 0.138 e. The number of halogens is 2. The van der Waals surface area contributed by atoms with E-state index in [-0.39, 0.29) is 0 Å². The van der Waals surface area contributed by atoms with E-state index in [0.29, 0.717) is 17.4 Å². The topological polar surface area (TPSA) is 9.23 Å². The molecule has 12 heavy (non-hydrogen) atoms. The Balaban J connectivity index is 2.57. The van der Waals surface area contributed by atoms with Crippen molar-refractivity contribution in [2.45, 2.75) is 0 Å². The van der Waals surface area contributed by atoms with Gasteiger partial charge in [0.15, 0.2) is 0 Å². The molecule has 0 aliphatic heterocycles. The van der Waals surface area contributed by atoms with Crippen molar-refractivity contribution < 1.29 is 4.74 Å². The lowest BCUT2D eigenvalue weighted by Gasteiger charge is -2.03. The van der Waals surface area contributed by atoms with Crippen LogP contribution in [0.15, 0.2) is 35.9 Å². The van der Waals surface area contributed by atoms with Crippen LogP contribution in [0.3, 0.4) is 0 Å². The number of rotatable bonds is 3. The molecule has 1 rings (SSSR count). The second-order valence-corrected chi connectivity index (χ2v) is 2.76. The van der Waals surface area contributed by atoms with Gasteiger partial charge in [-0.25, -0.2) is 0 Å². The lowest BCUT2D eigenvalue weighted by Crippen LogP contribution is -1.92. The van der Waals surface area contributed by atoms with Gasteiger partial charge in [-0.1, -0.05) is 35.3 Å². The molecular weight excluding hydrogens is 195 g/mol. The van der Waals surface area contributed by atoms with E-state index in [2.05, 4.69) is 0 Å². The summed E-state index contributed by atoms with van der Waals surface area (Å²) < 4.78 is 5.27. The lowest BCUT2D eigenvalue weighted by molar-refractivity contribution is 0.363. The molecular formula is C9H8Cl2O. The van der Waals surface area contributed by atoms with E-state index in [1.165, 1.54) is 5.54 Å². The standard InChI is InChI=1S/C9H8Cl2O/c10-6-3-7-12-9-5-2-1-4-8(9)11/h1-6H,7H2/b6-3+. The monoisotopic (exact) mass is 202 g/mol. The molecule has 0 saturated carbocycles. The fourth-order valence-electron chi connectivity index (χ4n) is 0.736. The maximum atomic E-state index is 5.82. The zero-order valence-electron chi connectivity index (χ0n) is 6.34. The molecule has 0 spiro atoms. The predicted octanol–water partition coefficient (Wildman–Crippen LogP) is 3.47. The number of hydrogen-bond acceptors (Lipinski definition) is 1. The van der Waals surface area contributed by atoms with Crippen LogP contribution in [0.25, 0.3) is 0 Å². The second-order valence-electron chi connectivity index (χ2n) is 2.10. The maximum Gasteiger partial charge on any atom is 0.138 e. The zero-order chi connectivity index (χ0) is 8.81. The van der Waals surface area contributed by atoms with Gasteiger partial charge >= 0.3 is 0 Å². The Morgan fingerprint density at radius 2 is 2.08 bits per heavy atom. The first-order chi connectivity index (χ1) is 5.84. The van der Waals surface area contributed by atoms with Crippen LogP contribution < -0.4 is 4.74 Å². The van der Waals surface area contributed by atoms with E-state index in [0.717, 1.165) is 0 Å². The molecule has 0 heterocycles. The molecule has 1 nitrogen and oxygen atoms in total. The summed E-state index contributed by atoms with van der Waals surface area (Å²) in [6, 6.07) is 7.31. The highest BCUT2D eigenvalue weighted by molar-refractivity contribution is 6.32. The minimum atomic E-state index is 0.438. The third kappa shape index (κ3) is 2.76. The van der Waals surface area contributed by atoms with Gasteiger partial charge < -0.3 is 4.74 Å². The van der Waals surface area contributed by atoms with E-state index in [1.54, 1.807) is 12.1 Å². The van der Waals surface area contributed by atoms with Crippen LogP contribution in [0.2, 0.25) is 5.02 Å². The summed E-state index contributed by atoms with van der Waals surface area (Å²) in [5, 5.41) is 0.612. The van der Waals surface area contributed by atoms with Crippen LogP contribution in [-0.2, 0) is 0 Å². The minimum absolute atomic E-state index is 0.438. The lowest BCUT2D eigenvalue weighted by atomic mass is 10.3. The van der Waals surface area contributed by atoms with Crippen molar-refractivity contribution in [2.75, 3.05) is 6.61 Å². The van der Waals surface area contributed by atoms with Crippen LogP contribution in [0.1, 0.15) is 0 Å². The van der Waals surface area contributed by atoms with Crippen molar-refractivity contribution in [1.29, 1.82) is 0 Å². The van der Waals surface area contributed by atoms with E-state index < -0.39 is 0 Å². The van der Waals surface area contributed by atoms with Crippen LogP contribution in [-0.4, -0.2) is 6.61 Å². The first-order valence-corrected chi connectivity index (χ1v) is 4.28. The van der Waals surface area contributed by atoms with Crippen LogP contribution in [0.5, 0.6) is 5.75 Å². The molecule has 3 heteroatoms. The first-order valence-electron chi connectivity index (χ1n) is 3.47. The van der Waals surface area contributed by atoms with Gasteiger partial charge in [0, 0.05) is 5.54 Å². The maximum absolute atomic E-state index is 5.82. The SMILES string of the molecule is Cl/C=C/COc1ccccc1Cl. The largest absolute Gasteiger partial charge is 0.488 e. The fraction of sp³-hybridized carbons (Fsp3) is 0.111. The summed E-state index contributed by atoms with van der Waals surface area (Å²) in [4.78, 5) is 0. The Morgan fingerprint density at radius 3 is 2.75 bits per heavy atom. The third-order valence-electron chi connectivity index (χ3n) is 1.26. The van der Waals surface area contributed by atoms with Gasteiger partial charge in [0.1, 0.15) is 12.4 Å². The highest BCUT2D eigenvalue weighted by Gasteiger charge is 1.96. The molecule has 0 atom stereocenters. The van der Waals surface area contributed by atoms with E-state index in [4.69, 9.17) is 27.9 Å². The van der Waals surface area contributed by atoms with Crippen molar-refractivity contribution in [3.8, 4) is 5.75 Å². The van der Waals surface area contributed by atoms with E-state index in [1.807, 2.05) is 18.2 Å². The van der Waals surface area contributed by atoms with Crippen molar-refractivity contribution >= 4 is 23.2 Å². The molecule has 0 unspecified atom stereocenters. The van der Waals surface area contributed by atoms with Gasteiger partial charge in [0.25, 0.3) is 0 Å². The van der Waals surface area contributed by atoms with Gasteiger partial charge in [-0.15, -0.1) is 0 Å². The summed E-state index contributed by atoms with van der Waals surface area (Å²) >= 11 is 11.1. The molecule has 0 radical (unpaired) electrons. The molecule has 0 aliphatic rings. The van der Waals surface area contributed by atoms with Gasteiger partial charge in [0.05, 0.1) is 5.02 Å².